The summed E-state index contributed by atoms with van der Waals surface area (Å²) < 4.78 is 5.74. The van der Waals surface area contributed by atoms with E-state index in [1.807, 2.05) is 31.2 Å². The summed E-state index contributed by atoms with van der Waals surface area (Å²) in [5, 5.41) is 1.88. The third-order valence-electron chi connectivity index (χ3n) is 6.05. The second kappa shape index (κ2) is 10.4. The van der Waals surface area contributed by atoms with Gasteiger partial charge < -0.3 is 4.74 Å². The van der Waals surface area contributed by atoms with Gasteiger partial charge in [-0.15, -0.1) is 0 Å². The van der Waals surface area contributed by atoms with E-state index in [1.165, 1.54) is 11.1 Å². The molecule has 2 unspecified atom stereocenters. The fourth-order valence-electron chi connectivity index (χ4n) is 4.10. The van der Waals surface area contributed by atoms with Crippen molar-refractivity contribution in [3.63, 3.8) is 0 Å². The third kappa shape index (κ3) is 5.87. The molecule has 2 aliphatic carbocycles. The molecule has 2 atom stereocenters. The number of esters is 1. The molecule has 33 heavy (non-hydrogen) atoms. The van der Waals surface area contributed by atoms with Crippen molar-refractivity contribution in [2.75, 3.05) is 6.61 Å². The predicted octanol–water partition coefficient (Wildman–Crippen LogP) is 5.31. The molecule has 168 valence electrons. The van der Waals surface area contributed by atoms with Crippen molar-refractivity contribution in [2.45, 2.75) is 33.6 Å². The maximum atomic E-state index is 13.0. The predicted molar refractivity (Wildman–Crippen MR) is 136 cm³/mol. The average Bonchev–Trinajstić information content (AvgIpc) is 2.79. The van der Waals surface area contributed by atoms with E-state index in [1.54, 1.807) is 0 Å². The number of carbonyl (C=O) groups excluding carboxylic acids is 1. The molecule has 0 N–H and O–H groups in total. The number of aromatic nitrogens is 1. The number of allylic oxidation sites excluding steroid dienone is 6. The van der Waals surface area contributed by atoms with Crippen molar-refractivity contribution in [1.82, 2.24) is 4.98 Å². The lowest BCUT2D eigenvalue weighted by molar-refractivity contribution is 0.0540. The Bertz CT molecular complexity index is 1260. The highest BCUT2D eigenvalue weighted by Crippen LogP contribution is 2.23. The van der Waals surface area contributed by atoms with E-state index in [-0.39, 0.29) is 12.6 Å². The van der Waals surface area contributed by atoms with Crippen LogP contribution in [-0.2, 0) is 4.74 Å². The minimum Gasteiger partial charge on any atom is -0.457 e. The van der Waals surface area contributed by atoms with E-state index >= 15 is 0 Å². The topological polar surface area (TPSA) is 39.2 Å². The molecule has 0 spiro atoms. The van der Waals surface area contributed by atoms with Gasteiger partial charge in [0.2, 0.25) is 0 Å². The number of carbonyl (C=O) groups is 1. The van der Waals surface area contributed by atoms with E-state index in [4.69, 9.17) is 9.72 Å². The van der Waals surface area contributed by atoms with Gasteiger partial charge in [0.15, 0.2) is 0 Å². The Labute approximate surface area is 196 Å². The van der Waals surface area contributed by atoms with Crippen molar-refractivity contribution in [2.24, 2.45) is 11.8 Å². The number of hydrogen-bond donors (Lipinski definition) is 0. The Morgan fingerprint density at radius 2 is 1.85 bits per heavy atom. The van der Waals surface area contributed by atoms with Gasteiger partial charge in [0, 0.05) is 5.22 Å². The SMILES string of the molecule is Cc1nc2/c(cc1C(=O)OCC1=C/C(C)C/C=C(c3ccccc3)/C=C\1)=C\C=C/C(C)C/C=2. The van der Waals surface area contributed by atoms with E-state index < -0.39 is 0 Å². The molecule has 0 saturated carbocycles. The number of fused-ring (bicyclic) bond motifs is 1. The van der Waals surface area contributed by atoms with Crippen LogP contribution in [0.4, 0.5) is 0 Å². The first-order valence-electron chi connectivity index (χ1n) is 11.7. The van der Waals surface area contributed by atoms with Crippen LogP contribution in [0.2, 0.25) is 0 Å². The van der Waals surface area contributed by atoms with Gasteiger partial charge in [0.1, 0.15) is 6.61 Å². The van der Waals surface area contributed by atoms with Crippen LogP contribution < -0.4 is 10.6 Å². The van der Waals surface area contributed by atoms with Gasteiger partial charge in [-0.25, -0.2) is 4.79 Å². The Morgan fingerprint density at radius 3 is 2.67 bits per heavy atom. The molecular formula is C30H31NO2. The molecule has 1 aromatic heterocycles. The highest BCUT2D eigenvalue weighted by molar-refractivity contribution is 5.90. The van der Waals surface area contributed by atoms with Gasteiger partial charge in [-0.3, -0.25) is 4.98 Å². The molecular weight excluding hydrogens is 406 g/mol. The summed E-state index contributed by atoms with van der Waals surface area (Å²) >= 11 is 0. The zero-order valence-electron chi connectivity index (χ0n) is 19.6. The van der Waals surface area contributed by atoms with Gasteiger partial charge in [-0.1, -0.05) is 92.8 Å². The molecule has 0 bridgehead atoms. The van der Waals surface area contributed by atoms with Gasteiger partial charge >= 0.3 is 5.97 Å². The van der Waals surface area contributed by atoms with Gasteiger partial charge in [-0.2, -0.15) is 0 Å². The Morgan fingerprint density at radius 1 is 1.06 bits per heavy atom. The molecule has 0 fully saturated rings. The van der Waals surface area contributed by atoms with E-state index in [2.05, 4.69) is 74.6 Å². The van der Waals surface area contributed by atoms with Crippen molar-refractivity contribution in [3.8, 4) is 0 Å². The summed E-state index contributed by atoms with van der Waals surface area (Å²) in [6.45, 7) is 6.48. The number of benzene rings is 1. The molecule has 0 saturated heterocycles. The summed E-state index contributed by atoms with van der Waals surface area (Å²) in [6, 6.07) is 12.3. The summed E-state index contributed by atoms with van der Waals surface area (Å²) in [7, 11) is 0. The zero-order chi connectivity index (χ0) is 23.2. The quantitative estimate of drug-likeness (QED) is 0.609. The number of aryl methyl sites for hydroxylation is 1. The second-order valence-corrected chi connectivity index (χ2v) is 8.95. The first kappa shape index (κ1) is 22.7. The molecule has 4 rings (SSSR count). The van der Waals surface area contributed by atoms with E-state index in [9.17, 15) is 4.79 Å². The standard InChI is InChI=1S/C30H31NO2/c1-21-8-7-11-27-19-28(23(3)31-29(27)17-13-21)30(32)33-20-24-14-16-26(15-12-22(2)18-24)25-9-5-4-6-10-25/h4-11,14-19,21-22H,12-13,20H2,1-3H3/b8-7-,16-14-,24-18+,26-15-,27-11-,29-17-. The molecule has 0 amide bonds. The first-order valence-corrected chi connectivity index (χ1v) is 11.7. The van der Waals surface area contributed by atoms with Crippen LogP contribution in [0.5, 0.6) is 0 Å². The summed E-state index contributed by atoms with van der Waals surface area (Å²) in [5.41, 5.74) is 4.61. The lowest BCUT2D eigenvalue weighted by Crippen LogP contribution is -2.31. The van der Waals surface area contributed by atoms with E-state index in [0.29, 0.717) is 23.1 Å². The first-order chi connectivity index (χ1) is 16.0. The molecule has 0 radical (unpaired) electrons. The normalized spacial score (nSPS) is 27.1. The van der Waals surface area contributed by atoms with Crippen LogP contribution in [0.1, 0.15) is 48.3 Å². The number of nitrogens with zero attached hydrogens (tertiary/aromatic N) is 1. The Kier molecular flexibility index (Phi) is 7.19. The lowest BCUT2D eigenvalue weighted by Gasteiger charge is -2.13. The second-order valence-electron chi connectivity index (χ2n) is 8.95. The monoisotopic (exact) mass is 437 g/mol. The zero-order valence-corrected chi connectivity index (χ0v) is 19.6. The Hall–Kier alpha value is -3.46. The molecule has 2 aliphatic rings. The fraction of sp³-hybridized carbons (Fsp3) is 0.267. The van der Waals surface area contributed by atoms with Gasteiger partial charge in [-0.05, 0) is 54.4 Å². The smallest absolute Gasteiger partial charge is 0.340 e. The van der Waals surface area contributed by atoms with Crippen LogP contribution in [0.15, 0.2) is 78.4 Å². The van der Waals surface area contributed by atoms with Crippen molar-refractivity contribution in [1.29, 1.82) is 0 Å². The minimum atomic E-state index is -0.335. The molecule has 2 aromatic rings. The average molecular weight is 438 g/mol. The lowest BCUT2D eigenvalue weighted by atomic mass is 9.95. The summed E-state index contributed by atoms with van der Waals surface area (Å²) in [4.78, 5) is 17.6. The highest BCUT2D eigenvalue weighted by Gasteiger charge is 2.14. The third-order valence-corrected chi connectivity index (χ3v) is 6.05. The van der Waals surface area contributed by atoms with Crippen LogP contribution >= 0.6 is 0 Å². The number of hydrogen-bond acceptors (Lipinski definition) is 3. The van der Waals surface area contributed by atoms with Crippen LogP contribution in [0.3, 0.4) is 0 Å². The van der Waals surface area contributed by atoms with E-state index in [0.717, 1.165) is 29.0 Å². The van der Waals surface area contributed by atoms with Crippen LogP contribution in [-0.4, -0.2) is 17.6 Å². The molecule has 3 heteroatoms. The van der Waals surface area contributed by atoms with Gasteiger partial charge in [0.25, 0.3) is 0 Å². The highest BCUT2D eigenvalue weighted by atomic mass is 16.5. The maximum absolute atomic E-state index is 13.0. The van der Waals surface area contributed by atoms with Crippen LogP contribution in [0, 0.1) is 18.8 Å². The van der Waals surface area contributed by atoms with Gasteiger partial charge in [0.05, 0.1) is 16.6 Å². The fourth-order valence-corrected chi connectivity index (χ4v) is 4.10. The largest absolute Gasteiger partial charge is 0.457 e. The molecule has 1 aromatic carbocycles. The minimum absolute atomic E-state index is 0.242. The maximum Gasteiger partial charge on any atom is 0.340 e. The molecule has 1 heterocycles. The number of pyridine rings is 1. The molecule has 3 nitrogen and oxygen atoms in total. The Balaban J connectivity index is 1.52. The van der Waals surface area contributed by atoms with Crippen molar-refractivity contribution in [3.05, 3.63) is 106 Å². The molecule has 0 aliphatic heterocycles. The summed E-state index contributed by atoms with van der Waals surface area (Å²) in [6.07, 6.45) is 18.9. The van der Waals surface area contributed by atoms with Crippen LogP contribution in [0.25, 0.3) is 17.7 Å². The van der Waals surface area contributed by atoms with Crippen molar-refractivity contribution >= 4 is 23.7 Å². The number of ether oxygens (including phenoxy) is 1. The summed E-state index contributed by atoms with van der Waals surface area (Å²) in [5.74, 6) is 0.505. The van der Waals surface area contributed by atoms with Crippen molar-refractivity contribution < 1.29 is 9.53 Å². The number of rotatable bonds is 4.